The fourth-order valence-electron chi connectivity index (χ4n) is 3.05. The molecule has 0 bridgehead atoms. The van der Waals surface area contributed by atoms with Crippen LogP contribution in [-0.4, -0.2) is 36.6 Å². The number of hydrogen-bond acceptors (Lipinski definition) is 3. The number of likely N-dealkylation sites (N-methyl/N-ethyl adjacent to an activating group) is 1. The SMILES string of the molecule is CC(=O)OC1CCC[C@@H]2CCN(C)[C@H]12. The van der Waals surface area contributed by atoms with Crippen LogP contribution in [0.5, 0.6) is 0 Å². The zero-order valence-electron chi connectivity index (χ0n) is 9.03. The number of ether oxygens (including phenoxy) is 1. The Kier molecular flexibility index (Phi) is 2.77. The zero-order valence-corrected chi connectivity index (χ0v) is 9.03. The first kappa shape index (κ1) is 9.97. The quantitative estimate of drug-likeness (QED) is 0.595. The third-order valence-electron chi connectivity index (χ3n) is 3.61. The van der Waals surface area contributed by atoms with Gasteiger partial charge in [0, 0.05) is 13.0 Å². The van der Waals surface area contributed by atoms with Gasteiger partial charge in [0.05, 0.1) is 0 Å². The molecule has 1 saturated carbocycles. The second-order valence-corrected chi connectivity index (χ2v) is 4.60. The highest BCUT2D eigenvalue weighted by molar-refractivity contribution is 5.66. The number of rotatable bonds is 1. The van der Waals surface area contributed by atoms with Gasteiger partial charge >= 0.3 is 5.97 Å². The normalized spacial score (nSPS) is 38.0. The molecular weight excluding hydrogens is 178 g/mol. The Labute approximate surface area is 85.4 Å². The minimum absolute atomic E-state index is 0.129. The highest BCUT2D eigenvalue weighted by Gasteiger charge is 2.41. The molecule has 2 aliphatic rings. The number of likely N-dealkylation sites (tertiary alicyclic amines) is 1. The average molecular weight is 197 g/mol. The van der Waals surface area contributed by atoms with Crippen LogP contribution in [0.3, 0.4) is 0 Å². The summed E-state index contributed by atoms with van der Waals surface area (Å²) in [6.07, 6.45) is 5.00. The molecule has 1 unspecified atom stereocenters. The number of nitrogens with zero attached hydrogens (tertiary/aromatic N) is 1. The number of hydrogen-bond donors (Lipinski definition) is 0. The van der Waals surface area contributed by atoms with E-state index in [0.717, 1.165) is 18.9 Å². The summed E-state index contributed by atoms with van der Waals surface area (Å²) in [7, 11) is 2.15. The highest BCUT2D eigenvalue weighted by Crippen LogP contribution is 2.36. The van der Waals surface area contributed by atoms with Crippen LogP contribution in [0.25, 0.3) is 0 Å². The average Bonchev–Trinajstić information content (AvgIpc) is 2.48. The molecule has 3 nitrogen and oxygen atoms in total. The zero-order chi connectivity index (χ0) is 10.1. The fraction of sp³-hybridized carbons (Fsp3) is 0.909. The molecule has 2 rings (SSSR count). The third-order valence-corrected chi connectivity index (χ3v) is 3.61. The summed E-state index contributed by atoms with van der Waals surface area (Å²) >= 11 is 0. The molecule has 1 saturated heterocycles. The lowest BCUT2D eigenvalue weighted by Crippen LogP contribution is -2.45. The number of carbonyl (C=O) groups excluding carboxylic acids is 1. The molecule has 1 aliphatic heterocycles. The van der Waals surface area contributed by atoms with E-state index in [-0.39, 0.29) is 12.1 Å². The first-order valence-corrected chi connectivity index (χ1v) is 5.56. The van der Waals surface area contributed by atoms with E-state index in [4.69, 9.17) is 4.74 Å². The van der Waals surface area contributed by atoms with Gasteiger partial charge in [-0.15, -0.1) is 0 Å². The molecule has 3 atom stereocenters. The Bertz CT molecular complexity index is 227. The molecular formula is C11H19NO2. The smallest absolute Gasteiger partial charge is 0.302 e. The number of carbonyl (C=O) groups is 1. The van der Waals surface area contributed by atoms with Gasteiger partial charge in [-0.2, -0.15) is 0 Å². The molecule has 80 valence electrons. The maximum absolute atomic E-state index is 11.0. The van der Waals surface area contributed by atoms with Gasteiger partial charge in [0.15, 0.2) is 0 Å². The van der Waals surface area contributed by atoms with Crippen molar-refractivity contribution < 1.29 is 9.53 Å². The lowest BCUT2D eigenvalue weighted by Gasteiger charge is -2.36. The topological polar surface area (TPSA) is 29.5 Å². The van der Waals surface area contributed by atoms with E-state index >= 15 is 0 Å². The largest absolute Gasteiger partial charge is 0.461 e. The summed E-state index contributed by atoms with van der Waals surface area (Å²) in [6.45, 7) is 2.67. The van der Waals surface area contributed by atoms with Crippen LogP contribution in [0.4, 0.5) is 0 Å². The van der Waals surface area contributed by atoms with Crippen molar-refractivity contribution in [2.24, 2.45) is 5.92 Å². The summed E-state index contributed by atoms with van der Waals surface area (Å²) in [5.41, 5.74) is 0. The molecule has 0 radical (unpaired) electrons. The maximum atomic E-state index is 11.0. The van der Waals surface area contributed by atoms with Crippen molar-refractivity contribution >= 4 is 5.97 Å². The Morgan fingerprint density at radius 2 is 2.14 bits per heavy atom. The lowest BCUT2D eigenvalue weighted by atomic mass is 9.83. The van der Waals surface area contributed by atoms with Crippen LogP contribution in [0, 0.1) is 5.92 Å². The van der Waals surface area contributed by atoms with Crippen molar-refractivity contribution in [3.05, 3.63) is 0 Å². The van der Waals surface area contributed by atoms with Crippen LogP contribution in [-0.2, 0) is 9.53 Å². The Morgan fingerprint density at radius 1 is 1.36 bits per heavy atom. The molecule has 0 aromatic heterocycles. The van der Waals surface area contributed by atoms with E-state index in [2.05, 4.69) is 11.9 Å². The van der Waals surface area contributed by atoms with Gasteiger partial charge in [0.2, 0.25) is 0 Å². The van der Waals surface area contributed by atoms with Crippen molar-refractivity contribution in [1.82, 2.24) is 4.90 Å². The fourth-order valence-corrected chi connectivity index (χ4v) is 3.05. The van der Waals surface area contributed by atoms with Gasteiger partial charge < -0.3 is 4.74 Å². The van der Waals surface area contributed by atoms with E-state index in [1.54, 1.807) is 0 Å². The number of esters is 1. The first-order valence-electron chi connectivity index (χ1n) is 5.56. The van der Waals surface area contributed by atoms with Crippen molar-refractivity contribution in [2.75, 3.05) is 13.6 Å². The van der Waals surface area contributed by atoms with Gasteiger partial charge in [-0.25, -0.2) is 0 Å². The molecule has 3 heteroatoms. The molecule has 1 heterocycles. The predicted molar refractivity (Wildman–Crippen MR) is 53.9 cm³/mol. The monoisotopic (exact) mass is 197 g/mol. The molecule has 14 heavy (non-hydrogen) atoms. The molecule has 0 N–H and O–H groups in total. The third kappa shape index (κ3) is 1.78. The van der Waals surface area contributed by atoms with Gasteiger partial charge in [-0.05, 0) is 45.2 Å². The minimum Gasteiger partial charge on any atom is -0.461 e. The molecule has 0 spiro atoms. The maximum Gasteiger partial charge on any atom is 0.302 e. The second kappa shape index (κ2) is 3.89. The van der Waals surface area contributed by atoms with E-state index in [1.165, 1.54) is 26.2 Å². The van der Waals surface area contributed by atoms with Gasteiger partial charge in [0.1, 0.15) is 6.10 Å². The first-order chi connectivity index (χ1) is 6.68. The molecule has 2 fully saturated rings. The van der Waals surface area contributed by atoms with E-state index in [9.17, 15) is 4.79 Å². The summed E-state index contributed by atoms with van der Waals surface area (Å²) in [5.74, 6) is 0.633. The van der Waals surface area contributed by atoms with Crippen LogP contribution in [0.1, 0.15) is 32.6 Å². The van der Waals surface area contributed by atoms with Crippen molar-refractivity contribution in [3.8, 4) is 0 Å². The van der Waals surface area contributed by atoms with Crippen LogP contribution in [0.15, 0.2) is 0 Å². The number of fused-ring (bicyclic) bond motifs is 1. The van der Waals surface area contributed by atoms with Crippen LogP contribution in [0.2, 0.25) is 0 Å². The minimum atomic E-state index is -0.129. The summed E-state index contributed by atoms with van der Waals surface area (Å²) in [4.78, 5) is 13.3. The van der Waals surface area contributed by atoms with Crippen molar-refractivity contribution in [1.29, 1.82) is 0 Å². The summed E-state index contributed by atoms with van der Waals surface area (Å²) in [5, 5.41) is 0. The molecule has 0 aromatic rings. The van der Waals surface area contributed by atoms with Crippen molar-refractivity contribution in [2.45, 2.75) is 44.8 Å². The van der Waals surface area contributed by atoms with E-state index in [1.807, 2.05) is 0 Å². The Hall–Kier alpha value is -0.570. The van der Waals surface area contributed by atoms with Gasteiger partial charge in [-0.1, -0.05) is 0 Å². The highest BCUT2D eigenvalue weighted by atomic mass is 16.5. The summed E-state index contributed by atoms with van der Waals surface area (Å²) < 4.78 is 5.39. The van der Waals surface area contributed by atoms with E-state index in [0.29, 0.717) is 6.04 Å². The lowest BCUT2D eigenvalue weighted by molar-refractivity contribution is -0.151. The molecule has 0 aromatic carbocycles. The molecule has 0 amide bonds. The van der Waals surface area contributed by atoms with Gasteiger partial charge in [-0.3, -0.25) is 9.69 Å². The van der Waals surface area contributed by atoms with E-state index < -0.39 is 0 Å². The Morgan fingerprint density at radius 3 is 2.86 bits per heavy atom. The van der Waals surface area contributed by atoms with Crippen LogP contribution < -0.4 is 0 Å². The van der Waals surface area contributed by atoms with Gasteiger partial charge in [0.25, 0.3) is 0 Å². The Balaban J connectivity index is 2.04. The summed E-state index contributed by atoms with van der Waals surface area (Å²) in [6, 6.07) is 0.493. The predicted octanol–water partition coefficient (Wildman–Crippen LogP) is 1.42. The van der Waals surface area contributed by atoms with Crippen LogP contribution >= 0.6 is 0 Å². The molecule has 1 aliphatic carbocycles. The second-order valence-electron chi connectivity index (χ2n) is 4.60. The standard InChI is InChI=1S/C11H19NO2/c1-8(13)14-10-5-3-4-9-6-7-12(2)11(9)10/h9-11H,3-7H2,1-2H3/t9-,10?,11+/m1/s1. The van der Waals surface area contributed by atoms with Crippen molar-refractivity contribution in [3.63, 3.8) is 0 Å².